The van der Waals surface area contributed by atoms with E-state index < -0.39 is 4.93 Å². The molecule has 0 bridgehead atoms. The van der Waals surface area contributed by atoms with Gasteiger partial charge in [0, 0.05) is 23.3 Å². The Hall–Kier alpha value is -0.000000000000000222. The maximum atomic E-state index is 6.47. The molecule has 2 aromatic carbocycles. The van der Waals surface area contributed by atoms with Gasteiger partial charge in [-0.3, -0.25) is 0 Å². The number of halogens is 5. The first-order chi connectivity index (χ1) is 11.3. The fourth-order valence-corrected chi connectivity index (χ4v) is 5.51. The summed E-state index contributed by atoms with van der Waals surface area (Å²) in [5.41, 5.74) is 1.06. The monoisotopic (exact) mass is 444 g/mol. The maximum absolute atomic E-state index is 6.47. The third-order valence-electron chi connectivity index (χ3n) is 3.49. The molecule has 0 aliphatic rings. The number of hydrogen-bond donors (Lipinski definition) is 0. The summed E-state index contributed by atoms with van der Waals surface area (Å²) < 4.78 is 11.0. The van der Waals surface area contributed by atoms with E-state index in [2.05, 4.69) is 0 Å². The summed E-state index contributed by atoms with van der Waals surface area (Å²) in [5, 5.41) is 1.88. The summed E-state index contributed by atoms with van der Waals surface area (Å²) in [6.07, 6.45) is 1.85. The molecule has 24 heavy (non-hydrogen) atoms. The molecule has 0 fully saturated rings. The highest BCUT2D eigenvalue weighted by Gasteiger charge is 2.41. The van der Waals surface area contributed by atoms with E-state index >= 15 is 0 Å². The number of ether oxygens (including phenoxy) is 2. The van der Waals surface area contributed by atoms with Crippen LogP contribution in [0, 0.1) is 0 Å². The van der Waals surface area contributed by atoms with Crippen molar-refractivity contribution in [2.45, 2.75) is 4.93 Å². The van der Waals surface area contributed by atoms with Gasteiger partial charge in [-0.25, -0.2) is 0 Å². The molecule has 2 aromatic rings. The quantitative estimate of drug-likeness (QED) is 0.454. The largest absolute Gasteiger partial charge is 0.497 e. The zero-order valence-electron chi connectivity index (χ0n) is 12.9. The van der Waals surface area contributed by atoms with E-state index in [4.69, 9.17) is 67.5 Å². The molecule has 2 rings (SSSR count). The first-order valence-electron chi connectivity index (χ1n) is 6.59. The van der Waals surface area contributed by atoms with Gasteiger partial charge in [0.1, 0.15) is 5.75 Å². The molecule has 0 aliphatic carbocycles. The molecular weight excluding hydrogens is 434 g/mol. The summed E-state index contributed by atoms with van der Waals surface area (Å²) in [4.78, 5) is -1.11. The van der Waals surface area contributed by atoms with Crippen LogP contribution in [0.4, 0.5) is 0 Å². The van der Waals surface area contributed by atoms with Crippen molar-refractivity contribution in [2.75, 3.05) is 20.5 Å². The van der Waals surface area contributed by atoms with Crippen LogP contribution < -0.4 is 4.74 Å². The van der Waals surface area contributed by atoms with Gasteiger partial charge in [0.2, 0.25) is 0 Å². The molecule has 0 saturated carbocycles. The molecule has 1 unspecified atom stereocenters. The summed E-state index contributed by atoms with van der Waals surface area (Å²) in [5.74, 6) is 0.535. The molecule has 0 amide bonds. The van der Waals surface area contributed by atoms with E-state index in [0.717, 1.165) is 0 Å². The molecule has 0 N–H and O–H groups in total. The predicted molar refractivity (Wildman–Crippen MR) is 106 cm³/mol. The van der Waals surface area contributed by atoms with Crippen molar-refractivity contribution in [3.63, 3.8) is 0 Å². The Morgan fingerprint density at radius 3 is 1.54 bits per heavy atom. The van der Waals surface area contributed by atoms with Crippen molar-refractivity contribution in [1.29, 1.82) is 0 Å². The number of hydrogen-bond acceptors (Lipinski definition) is 3. The predicted octanol–water partition coefficient (Wildman–Crippen LogP) is 7.17. The molecule has 2 nitrogen and oxygen atoms in total. The maximum Gasteiger partial charge on any atom is 0.170 e. The van der Waals surface area contributed by atoms with Crippen molar-refractivity contribution in [3.8, 4) is 5.75 Å². The zero-order valence-corrected chi connectivity index (χ0v) is 17.5. The van der Waals surface area contributed by atoms with Crippen molar-refractivity contribution >= 4 is 69.8 Å². The number of benzene rings is 2. The van der Waals surface area contributed by atoms with E-state index in [1.807, 2.05) is 6.26 Å². The molecule has 0 aromatic heterocycles. The second-order valence-electron chi connectivity index (χ2n) is 4.74. The number of methoxy groups -OCH3 is 2. The molecule has 130 valence electrons. The normalized spacial score (nSPS) is 13.7. The van der Waals surface area contributed by atoms with Crippen molar-refractivity contribution in [3.05, 3.63) is 60.5 Å². The first-order valence-corrected chi connectivity index (χ1v) is 9.71. The topological polar surface area (TPSA) is 18.5 Å². The molecule has 8 heteroatoms. The van der Waals surface area contributed by atoms with Crippen molar-refractivity contribution in [2.24, 2.45) is 0 Å². The van der Waals surface area contributed by atoms with Gasteiger partial charge >= 0.3 is 0 Å². The average molecular weight is 447 g/mol. The molecule has 0 spiro atoms. The van der Waals surface area contributed by atoms with Crippen LogP contribution in [0.3, 0.4) is 0 Å². The van der Waals surface area contributed by atoms with Crippen LogP contribution in [0.15, 0.2) is 24.3 Å². The third kappa shape index (κ3) is 3.59. The number of thioether (sulfide) groups is 1. The summed E-state index contributed by atoms with van der Waals surface area (Å²) in [7, 11) is 3.07. The highest BCUT2D eigenvalue weighted by Crippen LogP contribution is 2.53. The minimum Gasteiger partial charge on any atom is -0.497 e. The van der Waals surface area contributed by atoms with Crippen LogP contribution in [-0.2, 0) is 9.67 Å². The van der Waals surface area contributed by atoms with E-state index in [9.17, 15) is 0 Å². The SMILES string of the molecule is COc1cc(Cl)c(C(OC)(SC)c2c(Cl)cc(Cl)cc2Cl)c(Cl)c1. The molecule has 0 saturated heterocycles. The summed E-state index contributed by atoms with van der Waals surface area (Å²) in [6.45, 7) is 0. The van der Waals surface area contributed by atoms with Crippen LogP contribution in [0.5, 0.6) is 5.75 Å². The van der Waals surface area contributed by atoms with Gasteiger partial charge in [-0.1, -0.05) is 58.0 Å². The highest BCUT2D eigenvalue weighted by atomic mass is 35.5. The Balaban J connectivity index is 2.84. The van der Waals surface area contributed by atoms with E-state index in [-0.39, 0.29) is 0 Å². The lowest BCUT2D eigenvalue weighted by molar-refractivity contribution is 0.105. The van der Waals surface area contributed by atoms with Gasteiger partial charge in [-0.15, -0.1) is 11.8 Å². The van der Waals surface area contributed by atoms with Crippen molar-refractivity contribution < 1.29 is 9.47 Å². The first kappa shape index (κ1) is 20.3. The van der Waals surface area contributed by atoms with Gasteiger partial charge in [-0.05, 0) is 30.5 Å². The highest BCUT2D eigenvalue weighted by molar-refractivity contribution is 7.99. The average Bonchev–Trinajstić information content (AvgIpc) is 2.51. The Bertz CT molecular complexity index is 716. The molecule has 0 radical (unpaired) electrons. The lowest BCUT2D eigenvalue weighted by Gasteiger charge is -2.34. The standard InChI is InChI=1S/C16H13Cl5O2S/c1-22-9-6-12(20)15(13(21)7-9)16(23-2,24-3)14-10(18)4-8(17)5-11(14)19/h4-7H,1-3H3. The van der Waals surface area contributed by atoms with Crippen LogP contribution in [0.2, 0.25) is 25.1 Å². The lowest BCUT2D eigenvalue weighted by Crippen LogP contribution is -2.28. The van der Waals surface area contributed by atoms with Gasteiger partial charge in [0.15, 0.2) is 4.93 Å². The van der Waals surface area contributed by atoms with E-state index in [1.165, 1.54) is 26.0 Å². The second kappa shape index (κ2) is 8.13. The Morgan fingerprint density at radius 2 is 1.21 bits per heavy atom. The lowest BCUT2D eigenvalue weighted by atomic mass is 9.99. The fourth-order valence-electron chi connectivity index (χ4n) is 2.46. The minimum atomic E-state index is -1.11. The van der Waals surface area contributed by atoms with Gasteiger partial charge in [-0.2, -0.15) is 0 Å². The third-order valence-corrected chi connectivity index (χ3v) is 6.05. The van der Waals surface area contributed by atoms with Crippen molar-refractivity contribution in [1.82, 2.24) is 0 Å². The molecule has 0 aliphatic heterocycles. The minimum absolute atomic E-state index is 0.353. The summed E-state index contributed by atoms with van der Waals surface area (Å²) >= 11 is 33.2. The van der Waals surface area contributed by atoms with Gasteiger partial charge in [0.25, 0.3) is 0 Å². The van der Waals surface area contributed by atoms with Gasteiger partial charge < -0.3 is 9.47 Å². The Labute approximate surface area is 170 Å². The van der Waals surface area contributed by atoms with Gasteiger partial charge in [0.05, 0.1) is 27.2 Å². The van der Waals surface area contributed by atoms with Crippen LogP contribution in [0.1, 0.15) is 11.1 Å². The summed E-state index contributed by atoms with van der Waals surface area (Å²) in [6, 6.07) is 6.51. The van der Waals surface area contributed by atoms with Crippen LogP contribution >= 0.6 is 69.8 Å². The Kier molecular flexibility index (Phi) is 6.88. The van der Waals surface area contributed by atoms with E-state index in [0.29, 0.717) is 42.0 Å². The molecular formula is C16H13Cl5O2S. The Morgan fingerprint density at radius 1 is 0.792 bits per heavy atom. The smallest absolute Gasteiger partial charge is 0.170 e. The van der Waals surface area contributed by atoms with Crippen LogP contribution in [-0.4, -0.2) is 20.5 Å². The van der Waals surface area contributed by atoms with Crippen LogP contribution in [0.25, 0.3) is 0 Å². The second-order valence-corrected chi connectivity index (χ2v) is 7.78. The zero-order chi connectivity index (χ0) is 18.1. The molecule has 0 heterocycles. The van der Waals surface area contributed by atoms with E-state index in [1.54, 1.807) is 24.3 Å². The molecule has 1 atom stereocenters. The fraction of sp³-hybridized carbons (Fsp3) is 0.250. The number of rotatable bonds is 5.